The van der Waals surface area contributed by atoms with Crippen molar-refractivity contribution in [2.45, 2.75) is 82.9 Å². The monoisotopic (exact) mass is 470 g/mol. The Hall–Kier alpha value is -2.19. The molecule has 0 amide bonds. The van der Waals surface area contributed by atoms with E-state index in [-0.39, 0.29) is 42.7 Å². The van der Waals surface area contributed by atoms with Gasteiger partial charge in [0.1, 0.15) is 24.1 Å². The smallest absolute Gasteiger partial charge is 0.339 e. The highest BCUT2D eigenvalue weighted by molar-refractivity contribution is 5.93. The molecule has 0 radical (unpaired) electrons. The number of cyclic esters (lactones) is 2. The highest BCUT2D eigenvalue weighted by Gasteiger charge is 2.89. The van der Waals surface area contributed by atoms with E-state index < -0.39 is 45.6 Å². The van der Waals surface area contributed by atoms with Crippen LogP contribution in [0.5, 0.6) is 0 Å². The van der Waals surface area contributed by atoms with Crippen LogP contribution < -0.4 is 0 Å². The molecule has 0 N–H and O–H groups in total. The van der Waals surface area contributed by atoms with Crippen molar-refractivity contribution >= 4 is 17.7 Å². The van der Waals surface area contributed by atoms with Gasteiger partial charge < -0.3 is 23.4 Å². The van der Waals surface area contributed by atoms with Crippen LogP contribution in [0, 0.1) is 28.1 Å². The Morgan fingerprint density at radius 2 is 1.76 bits per heavy atom. The molecule has 8 nitrogen and oxygen atoms in total. The molecule has 5 heterocycles. The van der Waals surface area contributed by atoms with Crippen LogP contribution in [0.2, 0.25) is 0 Å². The van der Waals surface area contributed by atoms with Crippen molar-refractivity contribution in [1.82, 2.24) is 0 Å². The third-order valence-electron chi connectivity index (χ3n) is 10.7. The molecule has 2 aliphatic carbocycles. The summed E-state index contributed by atoms with van der Waals surface area (Å²) < 4.78 is 29.8. The van der Waals surface area contributed by atoms with Gasteiger partial charge in [0.25, 0.3) is 0 Å². The summed E-state index contributed by atoms with van der Waals surface area (Å²) in [6.07, 6.45) is 3.46. The molecule has 1 aromatic heterocycles. The Bertz CT molecular complexity index is 1120. The fourth-order valence-electron chi connectivity index (χ4n) is 9.34. The SMILES string of the molecule is CC1(C)O[C@H]2CC(=O)OC[C@]23[C@H]2CC[C@@]4(C)C(c5ccoc5)OC(=O)C5O[C@]54[C@@]2(C)C(=O)C[C@@H]13. The minimum Gasteiger partial charge on any atom is -0.472 e. The van der Waals surface area contributed by atoms with Crippen LogP contribution in [0.15, 0.2) is 23.0 Å². The molecule has 0 aromatic carbocycles. The summed E-state index contributed by atoms with van der Waals surface area (Å²) in [7, 11) is 0. The van der Waals surface area contributed by atoms with Crippen LogP contribution in [0.4, 0.5) is 0 Å². The second-order valence-corrected chi connectivity index (χ2v) is 12.2. The van der Waals surface area contributed by atoms with E-state index in [2.05, 4.69) is 6.92 Å². The van der Waals surface area contributed by atoms with E-state index in [1.807, 2.05) is 26.8 Å². The molecule has 182 valence electrons. The summed E-state index contributed by atoms with van der Waals surface area (Å²) in [4.78, 5) is 39.7. The summed E-state index contributed by atoms with van der Waals surface area (Å²) in [6.45, 7) is 8.36. The number of carbonyl (C=O) groups is 3. The number of rotatable bonds is 1. The Balaban J connectivity index is 1.41. The average molecular weight is 471 g/mol. The van der Waals surface area contributed by atoms with Crippen molar-refractivity contribution in [3.8, 4) is 0 Å². The van der Waals surface area contributed by atoms with E-state index in [1.54, 1.807) is 12.5 Å². The van der Waals surface area contributed by atoms with Crippen molar-refractivity contribution < 1.29 is 37.7 Å². The summed E-state index contributed by atoms with van der Waals surface area (Å²) in [5.74, 6) is -0.780. The van der Waals surface area contributed by atoms with Gasteiger partial charge in [0, 0.05) is 28.7 Å². The number of ether oxygens (including phenoxy) is 4. The minimum atomic E-state index is -0.976. The molecular weight excluding hydrogens is 440 g/mol. The zero-order valence-electron chi connectivity index (χ0n) is 19.9. The van der Waals surface area contributed by atoms with E-state index in [1.165, 1.54) is 0 Å². The topological polar surface area (TPSA) is 105 Å². The number of ketones is 1. The first-order valence-electron chi connectivity index (χ1n) is 12.3. The maximum atomic E-state index is 14.2. The number of hydrogen-bond donors (Lipinski definition) is 0. The third kappa shape index (κ3) is 2.02. The maximum absolute atomic E-state index is 14.2. The third-order valence-corrected chi connectivity index (χ3v) is 10.7. The number of epoxide rings is 1. The quantitative estimate of drug-likeness (QED) is 0.455. The van der Waals surface area contributed by atoms with Gasteiger partial charge in [-0.05, 0) is 45.6 Å². The van der Waals surface area contributed by atoms with Crippen LogP contribution in [-0.2, 0) is 33.3 Å². The molecule has 2 unspecified atom stereocenters. The molecule has 2 spiro atoms. The molecular formula is C26H30O8. The zero-order valence-corrected chi connectivity index (χ0v) is 19.9. The first-order valence-corrected chi connectivity index (χ1v) is 12.3. The van der Waals surface area contributed by atoms with Crippen LogP contribution in [-0.4, -0.2) is 47.7 Å². The Morgan fingerprint density at radius 3 is 2.50 bits per heavy atom. The number of hydrogen-bond acceptors (Lipinski definition) is 8. The molecule has 0 bridgehead atoms. The van der Waals surface area contributed by atoms with E-state index >= 15 is 0 Å². The minimum absolute atomic E-state index is 0.0677. The Labute approximate surface area is 197 Å². The lowest BCUT2D eigenvalue weighted by Crippen LogP contribution is -2.72. The van der Waals surface area contributed by atoms with Gasteiger partial charge in [0.15, 0.2) is 6.10 Å². The molecule has 4 saturated heterocycles. The van der Waals surface area contributed by atoms with Crippen molar-refractivity contribution in [3.05, 3.63) is 24.2 Å². The molecule has 4 aliphatic heterocycles. The normalized spacial score (nSPS) is 52.4. The fourth-order valence-corrected chi connectivity index (χ4v) is 9.34. The van der Waals surface area contributed by atoms with Crippen molar-refractivity contribution in [2.75, 3.05) is 6.61 Å². The number of esters is 2. The molecule has 1 aromatic rings. The summed E-state index contributed by atoms with van der Waals surface area (Å²) in [6, 6.07) is 1.81. The number of carbonyl (C=O) groups excluding carboxylic acids is 3. The van der Waals surface area contributed by atoms with Gasteiger partial charge in [-0.2, -0.15) is 0 Å². The standard InChI is InChI=1S/C26H30O8/c1-22(2)15-9-16(27)24(4)14(25(15)12-31-18(28)10-17(25)33-22)5-7-23(3)19(13-6-8-30-11-13)32-21(29)20-26(23,24)34-20/h6,8,11,14-15,17,19-20H,5,7,9-10,12H2,1-4H3/t14-,15-,17-,19?,20?,23-,24+,25+,26+/m0/s1. The second kappa shape index (κ2) is 5.95. The maximum Gasteiger partial charge on any atom is 0.339 e. The van der Waals surface area contributed by atoms with E-state index in [4.69, 9.17) is 23.4 Å². The van der Waals surface area contributed by atoms with Crippen molar-refractivity contribution in [2.24, 2.45) is 28.1 Å². The first kappa shape index (κ1) is 21.1. The highest BCUT2D eigenvalue weighted by Crippen LogP contribution is 2.79. The summed E-state index contributed by atoms with van der Waals surface area (Å²) in [5, 5.41) is 0. The van der Waals surface area contributed by atoms with E-state index in [0.29, 0.717) is 12.8 Å². The van der Waals surface area contributed by atoms with Crippen LogP contribution in [0.25, 0.3) is 0 Å². The summed E-state index contributed by atoms with van der Waals surface area (Å²) in [5.41, 5.74) is -2.78. The van der Waals surface area contributed by atoms with Crippen LogP contribution in [0.3, 0.4) is 0 Å². The number of furan rings is 1. The zero-order chi connectivity index (χ0) is 23.9. The van der Waals surface area contributed by atoms with Gasteiger partial charge in [0.2, 0.25) is 0 Å². The van der Waals surface area contributed by atoms with Gasteiger partial charge in [-0.1, -0.05) is 6.92 Å². The molecule has 7 rings (SSSR count). The van der Waals surface area contributed by atoms with Crippen molar-refractivity contribution in [1.29, 1.82) is 0 Å². The first-order chi connectivity index (χ1) is 16.0. The van der Waals surface area contributed by atoms with E-state index in [0.717, 1.165) is 12.0 Å². The molecule has 2 saturated carbocycles. The molecule has 6 fully saturated rings. The summed E-state index contributed by atoms with van der Waals surface area (Å²) >= 11 is 0. The van der Waals surface area contributed by atoms with Crippen LogP contribution in [0.1, 0.15) is 65.0 Å². The largest absolute Gasteiger partial charge is 0.472 e. The Morgan fingerprint density at radius 1 is 0.971 bits per heavy atom. The molecule has 9 atom stereocenters. The van der Waals surface area contributed by atoms with Crippen LogP contribution >= 0.6 is 0 Å². The molecule has 34 heavy (non-hydrogen) atoms. The number of fused-ring (bicyclic) bond motifs is 1. The van der Waals surface area contributed by atoms with Crippen molar-refractivity contribution in [3.63, 3.8) is 0 Å². The highest BCUT2D eigenvalue weighted by atomic mass is 16.7. The predicted octanol–water partition coefficient (Wildman–Crippen LogP) is 3.14. The molecule has 6 aliphatic rings. The van der Waals surface area contributed by atoms with Gasteiger partial charge in [-0.25, -0.2) is 4.79 Å². The molecule has 8 heteroatoms. The lowest BCUT2D eigenvalue weighted by atomic mass is 9.37. The van der Waals surface area contributed by atoms with Gasteiger partial charge in [0.05, 0.1) is 36.1 Å². The van der Waals surface area contributed by atoms with Gasteiger partial charge in [-0.3, -0.25) is 9.59 Å². The number of Topliss-reactive ketones (excluding diaryl/α,β-unsaturated/α-hetero) is 1. The Kier molecular flexibility index (Phi) is 3.70. The van der Waals surface area contributed by atoms with Gasteiger partial charge >= 0.3 is 11.9 Å². The van der Waals surface area contributed by atoms with E-state index in [9.17, 15) is 14.4 Å². The van der Waals surface area contributed by atoms with Gasteiger partial charge in [-0.15, -0.1) is 0 Å². The lowest BCUT2D eigenvalue weighted by molar-refractivity contribution is -0.225. The fraction of sp³-hybridized carbons (Fsp3) is 0.731. The lowest BCUT2D eigenvalue weighted by Gasteiger charge is -2.65. The average Bonchev–Trinajstić information content (AvgIpc) is 3.26. The predicted molar refractivity (Wildman–Crippen MR) is 114 cm³/mol. The second-order valence-electron chi connectivity index (χ2n) is 12.2.